The maximum absolute atomic E-state index is 11.9. The Bertz CT molecular complexity index is 415. The minimum absolute atomic E-state index is 0.0236. The van der Waals surface area contributed by atoms with Crippen LogP contribution in [0.5, 0.6) is 0 Å². The van der Waals surface area contributed by atoms with Gasteiger partial charge in [0.1, 0.15) is 0 Å². The van der Waals surface area contributed by atoms with Crippen LogP contribution >= 0.6 is 0 Å². The summed E-state index contributed by atoms with van der Waals surface area (Å²) in [5.41, 5.74) is 0.797. The van der Waals surface area contributed by atoms with Crippen molar-refractivity contribution in [3.8, 4) is 0 Å². The number of Topliss-reactive ketones (excluding diaryl/α,β-unsaturated/α-hetero) is 1. The first-order valence-electron chi connectivity index (χ1n) is 5.58. The number of amides is 1. The Morgan fingerprint density at radius 1 is 1.29 bits per heavy atom. The van der Waals surface area contributed by atoms with Gasteiger partial charge in [-0.1, -0.05) is 18.2 Å². The molecule has 0 aliphatic carbocycles. The van der Waals surface area contributed by atoms with E-state index in [-0.39, 0.29) is 24.3 Å². The van der Waals surface area contributed by atoms with Gasteiger partial charge in [0.05, 0.1) is 5.56 Å². The van der Waals surface area contributed by atoms with Crippen molar-refractivity contribution in [1.29, 1.82) is 0 Å². The molecule has 0 aliphatic rings. The van der Waals surface area contributed by atoms with Crippen LogP contribution in [0.15, 0.2) is 24.3 Å². The average Bonchev–Trinajstić information content (AvgIpc) is 2.29. The summed E-state index contributed by atoms with van der Waals surface area (Å²) in [4.78, 5) is 23.3. The number of rotatable bonds is 5. The second-order valence-corrected chi connectivity index (χ2v) is 3.99. The number of carbonyl (C=O) groups excluding carboxylic acids is 2. The normalized spacial score (nSPS) is 11.9. The number of hydrogen-bond donors (Lipinski definition) is 2. The molecule has 0 spiro atoms. The average molecular weight is 235 g/mol. The van der Waals surface area contributed by atoms with Crippen LogP contribution in [0.2, 0.25) is 0 Å². The van der Waals surface area contributed by atoms with E-state index in [4.69, 9.17) is 5.11 Å². The standard InChI is InChI=1S/C13H17NO3/c1-9(7-8-15)14-13(17)12-6-4-3-5-11(12)10(2)16/h3-6,9,15H,7-8H2,1-2H3,(H,14,17). The van der Waals surface area contributed by atoms with Crippen LogP contribution in [0.1, 0.15) is 41.0 Å². The largest absolute Gasteiger partial charge is 0.396 e. The van der Waals surface area contributed by atoms with Crippen molar-refractivity contribution >= 4 is 11.7 Å². The van der Waals surface area contributed by atoms with Crippen LogP contribution < -0.4 is 5.32 Å². The van der Waals surface area contributed by atoms with Crippen molar-refractivity contribution < 1.29 is 14.7 Å². The van der Waals surface area contributed by atoms with Crippen molar-refractivity contribution in [3.63, 3.8) is 0 Å². The molecule has 1 amide bonds. The van der Waals surface area contributed by atoms with Gasteiger partial charge in [0.25, 0.3) is 5.91 Å². The first-order valence-corrected chi connectivity index (χ1v) is 5.58. The molecular formula is C13H17NO3. The monoisotopic (exact) mass is 235 g/mol. The highest BCUT2D eigenvalue weighted by Gasteiger charge is 2.15. The van der Waals surface area contributed by atoms with Gasteiger partial charge in [0, 0.05) is 18.2 Å². The molecule has 0 heterocycles. The molecule has 1 atom stereocenters. The Morgan fingerprint density at radius 3 is 2.41 bits per heavy atom. The lowest BCUT2D eigenvalue weighted by Crippen LogP contribution is -2.34. The number of nitrogens with one attached hydrogen (secondary N) is 1. The van der Waals surface area contributed by atoms with Gasteiger partial charge in [0.2, 0.25) is 0 Å². The quantitative estimate of drug-likeness (QED) is 0.758. The van der Waals surface area contributed by atoms with Crippen molar-refractivity contribution in [1.82, 2.24) is 5.32 Å². The van der Waals surface area contributed by atoms with Gasteiger partial charge < -0.3 is 10.4 Å². The number of aliphatic hydroxyl groups excluding tert-OH is 1. The second kappa shape index (κ2) is 6.15. The van der Waals surface area contributed by atoms with Crippen molar-refractivity contribution in [2.24, 2.45) is 0 Å². The highest BCUT2D eigenvalue weighted by atomic mass is 16.3. The van der Waals surface area contributed by atoms with E-state index < -0.39 is 0 Å². The lowest BCUT2D eigenvalue weighted by molar-refractivity contribution is 0.0921. The van der Waals surface area contributed by atoms with Gasteiger partial charge in [0.15, 0.2) is 5.78 Å². The fourth-order valence-electron chi connectivity index (χ4n) is 1.56. The third-order valence-corrected chi connectivity index (χ3v) is 2.49. The lowest BCUT2D eigenvalue weighted by Gasteiger charge is -2.13. The molecule has 0 bridgehead atoms. The van der Waals surface area contributed by atoms with E-state index in [0.717, 1.165) is 0 Å². The predicted octanol–water partition coefficient (Wildman–Crippen LogP) is 1.39. The molecule has 17 heavy (non-hydrogen) atoms. The SMILES string of the molecule is CC(=O)c1ccccc1C(=O)NC(C)CCO. The summed E-state index contributed by atoms with van der Waals surface area (Å²) in [6.45, 7) is 3.27. The van der Waals surface area contributed by atoms with Crippen LogP contribution in [0.25, 0.3) is 0 Å². The minimum Gasteiger partial charge on any atom is -0.396 e. The molecule has 1 aromatic rings. The molecule has 0 saturated heterocycles. The third kappa shape index (κ3) is 3.67. The predicted molar refractivity (Wildman–Crippen MR) is 65.1 cm³/mol. The highest BCUT2D eigenvalue weighted by Crippen LogP contribution is 2.09. The lowest BCUT2D eigenvalue weighted by atomic mass is 10.0. The molecule has 0 radical (unpaired) electrons. The van der Waals surface area contributed by atoms with Crippen LogP contribution in [0.3, 0.4) is 0 Å². The third-order valence-electron chi connectivity index (χ3n) is 2.49. The van der Waals surface area contributed by atoms with Gasteiger partial charge >= 0.3 is 0 Å². The molecule has 0 aromatic heterocycles. The summed E-state index contributed by atoms with van der Waals surface area (Å²) in [5.74, 6) is -0.415. The molecular weight excluding hydrogens is 218 g/mol. The molecule has 4 nitrogen and oxygen atoms in total. The van der Waals surface area contributed by atoms with E-state index in [0.29, 0.717) is 17.5 Å². The van der Waals surface area contributed by atoms with Crippen LogP contribution in [-0.2, 0) is 0 Å². The number of ketones is 1. The Kier molecular flexibility index (Phi) is 4.84. The molecule has 2 N–H and O–H groups in total. The van der Waals surface area contributed by atoms with Crippen LogP contribution in [0.4, 0.5) is 0 Å². The number of benzene rings is 1. The second-order valence-electron chi connectivity index (χ2n) is 3.99. The molecule has 0 aliphatic heterocycles. The molecule has 1 aromatic carbocycles. The first kappa shape index (κ1) is 13.4. The smallest absolute Gasteiger partial charge is 0.252 e. The molecule has 0 fully saturated rings. The summed E-state index contributed by atoms with van der Waals surface area (Å²) >= 11 is 0. The summed E-state index contributed by atoms with van der Waals surface area (Å²) in [6, 6.07) is 6.58. The number of hydrogen-bond acceptors (Lipinski definition) is 3. The highest BCUT2D eigenvalue weighted by molar-refractivity contribution is 6.07. The van der Waals surface area contributed by atoms with Gasteiger partial charge in [-0.2, -0.15) is 0 Å². The molecule has 1 rings (SSSR count). The maximum Gasteiger partial charge on any atom is 0.252 e. The summed E-state index contributed by atoms with van der Waals surface area (Å²) < 4.78 is 0. The summed E-state index contributed by atoms with van der Waals surface area (Å²) in [6.07, 6.45) is 0.494. The van der Waals surface area contributed by atoms with E-state index in [1.165, 1.54) is 6.92 Å². The minimum atomic E-state index is -0.281. The van der Waals surface area contributed by atoms with E-state index in [1.807, 2.05) is 6.92 Å². The van der Waals surface area contributed by atoms with Gasteiger partial charge in [-0.25, -0.2) is 0 Å². The Labute approximate surface area is 101 Å². The van der Waals surface area contributed by atoms with E-state index in [2.05, 4.69) is 5.32 Å². The van der Waals surface area contributed by atoms with Crippen LogP contribution in [-0.4, -0.2) is 29.4 Å². The fraction of sp³-hybridized carbons (Fsp3) is 0.385. The first-order chi connectivity index (χ1) is 8.06. The van der Waals surface area contributed by atoms with Gasteiger partial charge in [-0.15, -0.1) is 0 Å². The summed E-state index contributed by atoms with van der Waals surface area (Å²) in [5, 5.41) is 11.5. The van der Waals surface area contributed by atoms with Crippen molar-refractivity contribution in [3.05, 3.63) is 35.4 Å². The Morgan fingerprint density at radius 2 is 1.88 bits per heavy atom. The summed E-state index contributed by atoms with van der Waals surface area (Å²) in [7, 11) is 0. The topological polar surface area (TPSA) is 66.4 Å². The maximum atomic E-state index is 11.9. The zero-order chi connectivity index (χ0) is 12.8. The Balaban J connectivity index is 2.85. The number of aliphatic hydroxyl groups is 1. The van der Waals surface area contributed by atoms with Crippen molar-refractivity contribution in [2.45, 2.75) is 26.3 Å². The van der Waals surface area contributed by atoms with E-state index in [9.17, 15) is 9.59 Å². The zero-order valence-electron chi connectivity index (χ0n) is 10.1. The Hall–Kier alpha value is -1.68. The fourth-order valence-corrected chi connectivity index (χ4v) is 1.56. The van der Waals surface area contributed by atoms with E-state index >= 15 is 0 Å². The van der Waals surface area contributed by atoms with Crippen LogP contribution in [0, 0.1) is 0 Å². The zero-order valence-corrected chi connectivity index (χ0v) is 10.1. The molecule has 0 saturated carbocycles. The molecule has 1 unspecified atom stereocenters. The van der Waals surface area contributed by atoms with Gasteiger partial charge in [-0.05, 0) is 26.3 Å². The molecule has 92 valence electrons. The van der Waals surface area contributed by atoms with Crippen molar-refractivity contribution in [2.75, 3.05) is 6.61 Å². The number of carbonyl (C=O) groups is 2. The van der Waals surface area contributed by atoms with E-state index in [1.54, 1.807) is 24.3 Å². The molecule has 4 heteroatoms. The van der Waals surface area contributed by atoms with Gasteiger partial charge in [-0.3, -0.25) is 9.59 Å².